The Kier molecular flexibility index (Phi) is 6.42. The van der Waals surface area contributed by atoms with Crippen LogP contribution in [0.1, 0.15) is 34.5 Å². The number of amides is 1. The van der Waals surface area contributed by atoms with Crippen LogP contribution in [-0.2, 0) is 27.8 Å². The van der Waals surface area contributed by atoms with Gasteiger partial charge in [-0.1, -0.05) is 17.7 Å². The summed E-state index contributed by atoms with van der Waals surface area (Å²) in [6.07, 6.45) is 0.736. The fraction of sp³-hybridized carbons (Fsp3) is 0.421. The van der Waals surface area contributed by atoms with Crippen LogP contribution in [0.3, 0.4) is 0 Å². The zero-order valence-corrected chi connectivity index (χ0v) is 16.5. The summed E-state index contributed by atoms with van der Waals surface area (Å²) in [6.45, 7) is 7.32. The summed E-state index contributed by atoms with van der Waals surface area (Å²) in [4.78, 5) is 24.0. The molecular weight excluding hydrogens is 354 g/mol. The first-order valence-corrected chi connectivity index (χ1v) is 8.78. The van der Waals surface area contributed by atoms with Crippen LogP contribution in [0, 0.1) is 27.7 Å². The highest BCUT2D eigenvalue weighted by Gasteiger charge is 2.14. The van der Waals surface area contributed by atoms with E-state index in [1.54, 1.807) is 10.7 Å². The number of carbonyl (C=O) groups is 2. The van der Waals surface area contributed by atoms with Crippen molar-refractivity contribution in [2.45, 2.75) is 40.5 Å². The predicted octanol–water partition coefficient (Wildman–Crippen LogP) is 3.42. The molecule has 1 N–H and O–H groups in total. The van der Waals surface area contributed by atoms with Crippen molar-refractivity contribution in [1.82, 2.24) is 9.78 Å². The molecule has 0 saturated heterocycles. The molecule has 0 fully saturated rings. The summed E-state index contributed by atoms with van der Waals surface area (Å²) in [7, 11) is 1.87. The number of ether oxygens (including phenoxy) is 1. The van der Waals surface area contributed by atoms with Crippen molar-refractivity contribution in [3.63, 3.8) is 0 Å². The van der Waals surface area contributed by atoms with Crippen molar-refractivity contribution in [2.24, 2.45) is 7.05 Å². The molecular formula is C19H24ClN3O3. The van der Waals surface area contributed by atoms with Gasteiger partial charge in [0.05, 0.1) is 16.4 Å². The van der Waals surface area contributed by atoms with Crippen molar-refractivity contribution in [3.8, 4) is 0 Å². The molecule has 0 spiro atoms. The maximum atomic E-state index is 12.0. The molecule has 0 aliphatic heterocycles. The van der Waals surface area contributed by atoms with Gasteiger partial charge in [0.2, 0.25) is 0 Å². The van der Waals surface area contributed by atoms with E-state index in [9.17, 15) is 9.59 Å². The van der Waals surface area contributed by atoms with Gasteiger partial charge in [0.1, 0.15) is 0 Å². The van der Waals surface area contributed by atoms with Gasteiger partial charge in [-0.15, -0.1) is 0 Å². The van der Waals surface area contributed by atoms with Gasteiger partial charge in [-0.05, 0) is 56.9 Å². The van der Waals surface area contributed by atoms with Gasteiger partial charge in [-0.2, -0.15) is 5.10 Å². The number of aryl methyl sites for hydroxylation is 4. The second kappa shape index (κ2) is 8.36. The Morgan fingerprint density at radius 2 is 1.92 bits per heavy atom. The minimum atomic E-state index is -0.422. The van der Waals surface area contributed by atoms with Crippen molar-refractivity contribution in [2.75, 3.05) is 11.9 Å². The minimum absolute atomic E-state index is 0.199. The lowest BCUT2D eigenvalue weighted by atomic mass is 10.1. The molecule has 6 nitrogen and oxygen atoms in total. The molecule has 140 valence electrons. The zero-order chi connectivity index (χ0) is 19.4. The van der Waals surface area contributed by atoms with Crippen molar-refractivity contribution in [3.05, 3.63) is 45.2 Å². The summed E-state index contributed by atoms with van der Waals surface area (Å²) in [5.41, 5.74) is 5.38. The van der Waals surface area contributed by atoms with E-state index in [1.165, 1.54) is 0 Å². The number of rotatable bonds is 6. The normalized spacial score (nSPS) is 10.7. The molecule has 0 unspecified atom stereocenters. The van der Waals surface area contributed by atoms with E-state index in [0.717, 1.165) is 28.1 Å². The third-order valence-corrected chi connectivity index (χ3v) is 4.60. The monoisotopic (exact) mass is 377 g/mol. The predicted molar refractivity (Wildman–Crippen MR) is 102 cm³/mol. The average Bonchev–Trinajstić information content (AvgIpc) is 2.79. The maximum Gasteiger partial charge on any atom is 0.306 e. The largest absolute Gasteiger partial charge is 0.456 e. The number of hydrogen-bond acceptors (Lipinski definition) is 4. The minimum Gasteiger partial charge on any atom is -0.456 e. The lowest BCUT2D eigenvalue weighted by Gasteiger charge is -2.12. The SMILES string of the molecule is Cc1cc(C)c(NC(=O)COC(=O)CCc2c(C)nn(C)c2C)c(Cl)c1. The van der Waals surface area contributed by atoms with Crippen LogP contribution in [0.2, 0.25) is 5.02 Å². The van der Waals surface area contributed by atoms with Crippen molar-refractivity contribution in [1.29, 1.82) is 0 Å². The van der Waals surface area contributed by atoms with E-state index >= 15 is 0 Å². The first-order valence-electron chi connectivity index (χ1n) is 8.40. The van der Waals surface area contributed by atoms with E-state index in [4.69, 9.17) is 16.3 Å². The van der Waals surface area contributed by atoms with Gasteiger partial charge in [0.25, 0.3) is 5.91 Å². The molecule has 0 radical (unpaired) electrons. The van der Waals surface area contributed by atoms with E-state index in [0.29, 0.717) is 17.1 Å². The van der Waals surface area contributed by atoms with Crippen LogP contribution >= 0.6 is 11.6 Å². The molecule has 0 aliphatic rings. The molecule has 1 heterocycles. The fourth-order valence-corrected chi connectivity index (χ4v) is 3.24. The van der Waals surface area contributed by atoms with Crippen LogP contribution in [0.4, 0.5) is 5.69 Å². The number of hydrogen-bond donors (Lipinski definition) is 1. The highest BCUT2D eigenvalue weighted by molar-refractivity contribution is 6.34. The maximum absolute atomic E-state index is 12.0. The number of anilines is 1. The third kappa shape index (κ3) is 4.85. The number of benzene rings is 1. The van der Waals surface area contributed by atoms with Crippen LogP contribution in [0.25, 0.3) is 0 Å². The molecule has 7 heteroatoms. The average molecular weight is 378 g/mol. The number of nitrogens with zero attached hydrogens (tertiary/aromatic N) is 2. The Balaban J connectivity index is 1.85. The van der Waals surface area contributed by atoms with Gasteiger partial charge < -0.3 is 10.1 Å². The Morgan fingerprint density at radius 1 is 1.23 bits per heavy atom. The number of esters is 1. The lowest BCUT2D eigenvalue weighted by molar-refractivity contribution is -0.147. The van der Waals surface area contributed by atoms with E-state index in [-0.39, 0.29) is 13.0 Å². The number of aromatic nitrogens is 2. The van der Waals surface area contributed by atoms with Gasteiger partial charge in [-0.3, -0.25) is 14.3 Å². The molecule has 0 saturated carbocycles. The fourth-order valence-electron chi connectivity index (χ4n) is 2.87. The first-order chi connectivity index (χ1) is 12.2. The van der Waals surface area contributed by atoms with Crippen LogP contribution in [0.15, 0.2) is 12.1 Å². The third-order valence-electron chi connectivity index (χ3n) is 4.30. The summed E-state index contributed by atoms with van der Waals surface area (Å²) in [5.74, 6) is -0.838. The van der Waals surface area contributed by atoms with Gasteiger partial charge in [0, 0.05) is 19.2 Å². The Bertz CT molecular complexity index is 820. The van der Waals surface area contributed by atoms with Crippen LogP contribution in [-0.4, -0.2) is 28.3 Å². The lowest BCUT2D eigenvalue weighted by Crippen LogP contribution is -2.21. The summed E-state index contributed by atoms with van der Waals surface area (Å²) >= 11 is 6.16. The molecule has 2 rings (SSSR count). The molecule has 0 aliphatic carbocycles. The van der Waals surface area contributed by atoms with E-state index < -0.39 is 11.9 Å². The summed E-state index contributed by atoms with van der Waals surface area (Å²) in [5, 5.41) is 7.48. The molecule has 0 bridgehead atoms. The van der Waals surface area contributed by atoms with Gasteiger partial charge >= 0.3 is 5.97 Å². The number of halogens is 1. The summed E-state index contributed by atoms with van der Waals surface area (Å²) in [6, 6.07) is 3.70. The first kappa shape index (κ1) is 20.0. The quantitative estimate of drug-likeness (QED) is 0.783. The zero-order valence-electron chi connectivity index (χ0n) is 15.8. The summed E-state index contributed by atoms with van der Waals surface area (Å²) < 4.78 is 6.86. The number of nitrogens with one attached hydrogen (secondary N) is 1. The molecule has 0 atom stereocenters. The topological polar surface area (TPSA) is 73.2 Å². The Labute approximate surface area is 158 Å². The van der Waals surface area contributed by atoms with E-state index in [2.05, 4.69) is 10.4 Å². The van der Waals surface area contributed by atoms with Crippen molar-refractivity contribution < 1.29 is 14.3 Å². The van der Waals surface area contributed by atoms with Crippen molar-refractivity contribution >= 4 is 29.2 Å². The standard InChI is InChI=1S/C19H24ClN3O3/c1-11-8-12(2)19(16(20)9-11)21-17(24)10-26-18(25)7-6-15-13(3)22-23(5)14(15)4/h8-9H,6-7,10H2,1-5H3,(H,21,24). The molecule has 1 amide bonds. The van der Waals surface area contributed by atoms with Crippen LogP contribution in [0.5, 0.6) is 0 Å². The van der Waals surface area contributed by atoms with Gasteiger partial charge in [0.15, 0.2) is 6.61 Å². The Morgan fingerprint density at radius 3 is 2.50 bits per heavy atom. The van der Waals surface area contributed by atoms with Gasteiger partial charge in [-0.25, -0.2) is 0 Å². The number of carbonyl (C=O) groups excluding carboxylic acids is 2. The molecule has 1 aromatic carbocycles. The second-order valence-corrected chi connectivity index (χ2v) is 6.83. The highest BCUT2D eigenvalue weighted by atomic mass is 35.5. The molecule has 1 aromatic heterocycles. The second-order valence-electron chi connectivity index (χ2n) is 6.42. The molecule has 26 heavy (non-hydrogen) atoms. The Hall–Kier alpha value is -2.34. The van der Waals surface area contributed by atoms with E-state index in [1.807, 2.05) is 40.8 Å². The highest BCUT2D eigenvalue weighted by Crippen LogP contribution is 2.27. The smallest absolute Gasteiger partial charge is 0.306 e. The van der Waals surface area contributed by atoms with Crippen LogP contribution < -0.4 is 5.32 Å². The molecule has 2 aromatic rings.